The largest absolute Gasteiger partial charge is 0.480 e. The standard InChI is InChI=1S/C29H30N2O4S/c32-27(25-13-7-12-24(18-25)23-10-5-2-6-11-23)31(17-16-21-14-15-21)29(35)30-26(28(33)34)20-36-19-22-8-3-1-4-9-22/h1-13,18,21,26H,14-17,19-20H2,(H,30,35)(H,33,34)/t26-/m0/s1. The number of aliphatic carboxylic acids is 1. The first kappa shape index (κ1) is 25.5. The van der Waals surface area contributed by atoms with Crippen LogP contribution in [0.1, 0.15) is 35.2 Å². The summed E-state index contributed by atoms with van der Waals surface area (Å²) in [5.74, 6) is -0.196. The molecule has 4 rings (SSSR count). The minimum atomic E-state index is -1.12. The second-order valence-corrected chi connectivity index (χ2v) is 10.0. The summed E-state index contributed by atoms with van der Waals surface area (Å²) in [7, 11) is 0. The van der Waals surface area contributed by atoms with Gasteiger partial charge in [0.1, 0.15) is 6.04 Å². The van der Waals surface area contributed by atoms with Crippen LogP contribution in [0.4, 0.5) is 4.79 Å². The van der Waals surface area contributed by atoms with Crippen LogP contribution in [-0.4, -0.2) is 46.3 Å². The summed E-state index contributed by atoms with van der Waals surface area (Å²) in [5, 5.41) is 12.3. The maximum atomic E-state index is 13.5. The SMILES string of the molecule is O=C(O)[C@H](CSCc1ccccc1)NC(=O)N(CCC1CC1)C(=O)c1cccc(-c2ccccc2)c1. The van der Waals surface area contributed by atoms with E-state index in [9.17, 15) is 19.5 Å². The van der Waals surface area contributed by atoms with E-state index in [2.05, 4.69) is 5.32 Å². The van der Waals surface area contributed by atoms with Gasteiger partial charge in [-0.1, -0.05) is 85.6 Å². The first-order valence-electron chi connectivity index (χ1n) is 12.1. The maximum absolute atomic E-state index is 13.5. The Morgan fingerprint density at radius 2 is 1.58 bits per heavy atom. The van der Waals surface area contributed by atoms with Crippen molar-refractivity contribution >= 4 is 29.7 Å². The van der Waals surface area contributed by atoms with Gasteiger partial charge < -0.3 is 10.4 Å². The molecule has 6 nitrogen and oxygen atoms in total. The van der Waals surface area contributed by atoms with Crippen LogP contribution in [0.25, 0.3) is 11.1 Å². The molecule has 1 saturated carbocycles. The summed E-state index contributed by atoms with van der Waals surface area (Å²) < 4.78 is 0. The van der Waals surface area contributed by atoms with Crippen LogP contribution < -0.4 is 5.32 Å². The van der Waals surface area contributed by atoms with Crippen molar-refractivity contribution in [2.75, 3.05) is 12.3 Å². The molecule has 2 N–H and O–H groups in total. The quantitative estimate of drug-likeness (QED) is 0.352. The number of carbonyl (C=O) groups excluding carboxylic acids is 2. The van der Waals surface area contributed by atoms with Crippen LogP contribution in [0.15, 0.2) is 84.9 Å². The molecule has 186 valence electrons. The van der Waals surface area contributed by atoms with Gasteiger partial charge in [0.05, 0.1) is 0 Å². The van der Waals surface area contributed by atoms with Gasteiger partial charge in [-0.15, -0.1) is 0 Å². The zero-order valence-corrected chi connectivity index (χ0v) is 20.8. The highest BCUT2D eigenvalue weighted by Gasteiger charge is 2.30. The minimum Gasteiger partial charge on any atom is -0.480 e. The summed E-state index contributed by atoms with van der Waals surface area (Å²) in [6.45, 7) is 0.258. The molecule has 0 spiro atoms. The molecule has 7 heteroatoms. The number of nitrogens with one attached hydrogen (secondary N) is 1. The molecule has 1 aliphatic rings. The molecule has 3 aromatic rings. The van der Waals surface area contributed by atoms with E-state index in [1.54, 1.807) is 18.2 Å². The van der Waals surface area contributed by atoms with Crippen molar-refractivity contribution in [3.63, 3.8) is 0 Å². The third-order valence-electron chi connectivity index (χ3n) is 6.16. The zero-order chi connectivity index (χ0) is 25.3. The monoisotopic (exact) mass is 502 g/mol. The van der Waals surface area contributed by atoms with Crippen molar-refractivity contribution < 1.29 is 19.5 Å². The average Bonchev–Trinajstić information content (AvgIpc) is 3.74. The number of nitrogens with zero attached hydrogens (tertiary/aromatic N) is 1. The van der Waals surface area contributed by atoms with Crippen molar-refractivity contribution in [2.45, 2.75) is 31.1 Å². The number of carboxylic acid groups (broad SMARTS) is 1. The van der Waals surface area contributed by atoms with E-state index in [0.717, 1.165) is 36.0 Å². The van der Waals surface area contributed by atoms with Crippen molar-refractivity contribution in [1.29, 1.82) is 0 Å². The van der Waals surface area contributed by atoms with Gasteiger partial charge in [-0.2, -0.15) is 11.8 Å². The smallest absolute Gasteiger partial charge is 0.327 e. The number of rotatable bonds is 11. The summed E-state index contributed by atoms with van der Waals surface area (Å²) in [4.78, 5) is 39.7. The Labute approximate surface area is 215 Å². The number of amides is 3. The Morgan fingerprint density at radius 1 is 0.917 bits per heavy atom. The van der Waals surface area contributed by atoms with E-state index in [-0.39, 0.29) is 12.3 Å². The van der Waals surface area contributed by atoms with Gasteiger partial charge in [0.25, 0.3) is 5.91 Å². The number of urea groups is 1. The van der Waals surface area contributed by atoms with Crippen LogP contribution in [0.2, 0.25) is 0 Å². The normalized spacial score (nSPS) is 13.6. The lowest BCUT2D eigenvalue weighted by Crippen LogP contribution is -2.51. The number of imide groups is 1. The molecule has 0 bridgehead atoms. The van der Waals surface area contributed by atoms with E-state index >= 15 is 0 Å². The van der Waals surface area contributed by atoms with E-state index in [1.165, 1.54) is 16.7 Å². The third kappa shape index (κ3) is 7.21. The Morgan fingerprint density at radius 3 is 2.25 bits per heavy atom. The molecule has 0 unspecified atom stereocenters. The average molecular weight is 503 g/mol. The topological polar surface area (TPSA) is 86.7 Å². The van der Waals surface area contributed by atoms with Crippen LogP contribution in [0, 0.1) is 5.92 Å². The number of thioether (sulfide) groups is 1. The molecule has 3 amide bonds. The lowest BCUT2D eigenvalue weighted by molar-refractivity contribution is -0.138. The maximum Gasteiger partial charge on any atom is 0.327 e. The molecule has 3 aromatic carbocycles. The summed E-state index contributed by atoms with van der Waals surface area (Å²) in [6, 6.07) is 24.9. The molecule has 1 fully saturated rings. The Kier molecular flexibility index (Phi) is 8.79. The number of hydrogen-bond acceptors (Lipinski definition) is 4. The molecule has 1 atom stereocenters. The van der Waals surface area contributed by atoms with Gasteiger partial charge in [-0.05, 0) is 41.2 Å². The molecule has 36 heavy (non-hydrogen) atoms. The first-order chi connectivity index (χ1) is 17.5. The summed E-state index contributed by atoms with van der Waals surface area (Å²) in [6.07, 6.45) is 2.92. The predicted octanol–water partition coefficient (Wildman–Crippen LogP) is 5.69. The molecule has 0 aromatic heterocycles. The lowest BCUT2D eigenvalue weighted by atomic mass is 10.0. The fourth-order valence-electron chi connectivity index (χ4n) is 3.90. The van der Waals surface area contributed by atoms with E-state index in [1.807, 2.05) is 66.7 Å². The number of carboxylic acids is 1. The van der Waals surface area contributed by atoms with E-state index in [4.69, 9.17) is 0 Å². The molecule has 0 aliphatic heterocycles. The van der Waals surface area contributed by atoms with E-state index in [0.29, 0.717) is 17.2 Å². The Hall–Kier alpha value is -3.58. The fourth-order valence-corrected chi connectivity index (χ4v) is 4.91. The van der Waals surface area contributed by atoms with Gasteiger partial charge in [-0.25, -0.2) is 9.59 Å². The van der Waals surface area contributed by atoms with Crippen LogP contribution in [0.5, 0.6) is 0 Å². The first-order valence-corrected chi connectivity index (χ1v) is 13.3. The number of benzene rings is 3. The second-order valence-electron chi connectivity index (χ2n) is 8.98. The van der Waals surface area contributed by atoms with Gasteiger partial charge in [0.2, 0.25) is 0 Å². The molecule has 0 saturated heterocycles. The predicted molar refractivity (Wildman–Crippen MR) is 143 cm³/mol. The van der Waals surface area contributed by atoms with Gasteiger partial charge >= 0.3 is 12.0 Å². The van der Waals surface area contributed by atoms with Crippen molar-refractivity contribution in [1.82, 2.24) is 10.2 Å². The van der Waals surface area contributed by atoms with Crippen LogP contribution in [0.3, 0.4) is 0 Å². The van der Waals surface area contributed by atoms with Gasteiger partial charge in [-0.3, -0.25) is 9.69 Å². The lowest BCUT2D eigenvalue weighted by Gasteiger charge is -2.24. The molecular weight excluding hydrogens is 472 g/mol. The highest BCUT2D eigenvalue weighted by molar-refractivity contribution is 7.98. The Balaban J connectivity index is 1.45. The van der Waals surface area contributed by atoms with Crippen molar-refractivity contribution in [3.05, 3.63) is 96.1 Å². The zero-order valence-electron chi connectivity index (χ0n) is 20.0. The number of hydrogen-bond donors (Lipinski definition) is 2. The summed E-state index contributed by atoms with van der Waals surface area (Å²) in [5.41, 5.74) is 3.33. The summed E-state index contributed by atoms with van der Waals surface area (Å²) >= 11 is 1.43. The van der Waals surface area contributed by atoms with Crippen molar-refractivity contribution in [2.24, 2.45) is 5.92 Å². The highest BCUT2D eigenvalue weighted by Crippen LogP contribution is 2.32. The second kappa shape index (κ2) is 12.4. The fraction of sp³-hybridized carbons (Fsp3) is 0.276. The van der Waals surface area contributed by atoms with Crippen LogP contribution in [-0.2, 0) is 10.5 Å². The van der Waals surface area contributed by atoms with Crippen LogP contribution >= 0.6 is 11.8 Å². The molecule has 0 heterocycles. The van der Waals surface area contributed by atoms with Gasteiger partial charge in [0.15, 0.2) is 0 Å². The molecule has 1 aliphatic carbocycles. The molecule has 0 radical (unpaired) electrons. The van der Waals surface area contributed by atoms with Gasteiger partial charge in [0, 0.05) is 23.6 Å². The van der Waals surface area contributed by atoms with Crippen molar-refractivity contribution in [3.8, 4) is 11.1 Å². The Bertz CT molecular complexity index is 1180. The highest BCUT2D eigenvalue weighted by atomic mass is 32.2. The minimum absolute atomic E-state index is 0.199. The third-order valence-corrected chi connectivity index (χ3v) is 7.26. The van der Waals surface area contributed by atoms with E-state index < -0.39 is 23.9 Å². The number of carbonyl (C=O) groups is 3. The molecular formula is C29H30N2O4S.